The van der Waals surface area contributed by atoms with Gasteiger partial charge in [-0.25, -0.2) is 14.8 Å². The van der Waals surface area contributed by atoms with Crippen molar-refractivity contribution in [2.24, 2.45) is 0 Å². The van der Waals surface area contributed by atoms with E-state index in [-0.39, 0.29) is 29.6 Å². The van der Waals surface area contributed by atoms with E-state index < -0.39 is 5.97 Å². The van der Waals surface area contributed by atoms with Gasteiger partial charge < -0.3 is 15.8 Å². The quantitative estimate of drug-likeness (QED) is 0.413. The van der Waals surface area contributed by atoms with E-state index in [4.69, 9.17) is 10.5 Å². The Labute approximate surface area is 156 Å². The number of hydrogen-bond acceptors (Lipinski definition) is 7. The number of nitrogens with two attached hydrogens (primary N) is 1. The molecule has 0 saturated heterocycles. The number of nitrogens with one attached hydrogen (secondary N) is 1. The van der Waals surface area contributed by atoms with Gasteiger partial charge in [0.05, 0.1) is 12.4 Å². The number of nitrogen functional groups attached to an aromatic ring is 1. The molecule has 2 rings (SSSR count). The van der Waals surface area contributed by atoms with Gasteiger partial charge in [0.15, 0.2) is 5.16 Å². The average molecular weight is 374 g/mol. The van der Waals surface area contributed by atoms with Crippen molar-refractivity contribution in [3.63, 3.8) is 0 Å². The van der Waals surface area contributed by atoms with Crippen LogP contribution >= 0.6 is 11.8 Å². The van der Waals surface area contributed by atoms with Crippen LogP contribution in [0.5, 0.6) is 0 Å². The summed E-state index contributed by atoms with van der Waals surface area (Å²) in [5, 5.41) is 3.21. The van der Waals surface area contributed by atoms with E-state index in [1.807, 2.05) is 12.1 Å². The predicted octanol–water partition coefficient (Wildman–Crippen LogP) is 1.99. The molecule has 0 aliphatic heterocycles. The highest BCUT2D eigenvalue weighted by Crippen LogP contribution is 2.17. The highest BCUT2D eigenvalue weighted by atomic mass is 32.2. The lowest BCUT2D eigenvalue weighted by molar-refractivity contribution is -0.118. The highest BCUT2D eigenvalue weighted by Gasteiger charge is 2.14. The van der Waals surface area contributed by atoms with Crippen molar-refractivity contribution in [2.45, 2.75) is 25.4 Å². The lowest BCUT2D eigenvalue weighted by Gasteiger charge is -2.08. The number of anilines is 1. The molecule has 0 aliphatic carbocycles. The SMILES string of the molecule is CCOC(=O)c1cnc(SCC(=O)NCCc2ccccc2C)nc1N. The largest absolute Gasteiger partial charge is 0.462 e. The third-order valence-electron chi connectivity index (χ3n) is 3.60. The molecule has 0 atom stereocenters. The van der Waals surface area contributed by atoms with E-state index in [2.05, 4.69) is 34.3 Å². The molecule has 8 heteroatoms. The Balaban J connectivity index is 1.79. The minimum atomic E-state index is -0.560. The smallest absolute Gasteiger partial charge is 0.343 e. The number of rotatable bonds is 8. The van der Waals surface area contributed by atoms with Crippen LogP contribution in [0.4, 0.5) is 5.82 Å². The molecule has 0 radical (unpaired) electrons. The third-order valence-corrected chi connectivity index (χ3v) is 4.46. The minimum Gasteiger partial charge on any atom is -0.462 e. The molecule has 1 amide bonds. The first-order valence-electron chi connectivity index (χ1n) is 8.25. The number of aryl methyl sites for hydroxylation is 1. The lowest BCUT2D eigenvalue weighted by atomic mass is 10.1. The van der Waals surface area contributed by atoms with Gasteiger partial charge in [-0.15, -0.1) is 0 Å². The van der Waals surface area contributed by atoms with Crippen molar-refractivity contribution in [2.75, 3.05) is 24.6 Å². The molecule has 138 valence electrons. The third kappa shape index (κ3) is 5.73. The first kappa shape index (κ1) is 19.7. The second kappa shape index (κ2) is 9.76. The molecule has 0 fully saturated rings. The van der Waals surface area contributed by atoms with Gasteiger partial charge in [-0.1, -0.05) is 36.0 Å². The summed E-state index contributed by atoms with van der Waals surface area (Å²) >= 11 is 1.16. The maximum atomic E-state index is 11.9. The number of benzene rings is 1. The Kier molecular flexibility index (Phi) is 7.40. The molecular formula is C18H22N4O3S. The predicted molar refractivity (Wildman–Crippen MR) is 101 cm³/mol. The van der Waals surface area contributed by atoms with Crippen LogP contribution in [-0.2, 0) is 16.0 Å². The molecule has 0 unspecified atom stereocenters. The van der Waals surface area contributed by atoms with Crippen LogP contribution in [0.25, 0.3) is 0 Å². The molecule has 7 nitrogen and oxygen atoms in total. The minimum absolute atomic E-state index is 0.0425. The van der Waals surface area contributed by atoms with Crippen LogP contribution in [-0.4, -0.2) is 40.7 Å². The summed E-state index contributed by atoms with van der Waals surface area (Å²) in [5.41, 5.74) is 8.30. The van der Waals surface area contributed by atoms with Crippen molar-refractivity contribution >= 4 is 29.5 Å². The zero-order chi connectivity index (χ0) is 18.9. The molecule has 1 heterocycles. The number of ether oxygens (including phenoxy) is 1. The van der Waals surface area contributed by atoms with E-state index in [1.165, 1.54) is 17.3 Å². The summed E-state index contributed by atoms with van der Waals surface area (Å²) in [6, 6.07) is 8.08. The van der Waals surface area contributed by atoms with Crippen LogP contribution in [0, 0.1) is 6.92 Å². The average Bonchev–Trinajstić information content (AvgIpc) is 2.62. The van der Waals surface area contributed by atoms with Crippen LogP contribution in [0.3, 0.4) is 0 Å². The van der Waals surface area contributed by atoms with Gasteiger partial charge in [-0.05, 0) is 31.4 Å². The van der Waals surface area contributed by atoms with Crippen LogP contribution < -0.4 is 11.1 Å². The number of aromatic nitrogens is 2. The number of carbonyl (C=O) groups is 2. The Hall–Kier alpha value is -2.61. The van der Waals surface area contributed by atoms with Gasteiger partial charge in [0, 0.05) is 12.7 Å². The van der Waals surface area contributed by atoms with Crippen molar-refractivity contribution in [3.8, 4) is 0 Å². The Morgan fingerprint density at radius 1 is 1.31 bits per heavy atom. The first-order chi connectivity index (χ1) is 12.5. The van der Waals surface area contributed by atoms with Gasteiger partial charge in [0.1, 0.15) is 11.4 Å². The summed E-state index contributed by atoms with van der Waals surface area (Å²) in [6.07, 6.45) is 2.10. The summed E-state index contributed by atoms with van der Waals surface area (Å²) in [5.74, 6) is -0.456. The number of thioether (sulfide) groups is 1. The van der Waals surface area contributed by atoms with Gasteiger partial charge in [0.2, 0.25) is 5.91 Å². The molecule has 1 aromatic carbocycles. The van der Waals surface area contributed by atoms with Crippen molar-refractivity contribution in [3.05, 3.63) is 47.2 Å². The molecule has 0 aliphatic rings. The maximum absolute atomic E-state index is 11.9. The van der Waals surface area contributed by atoms with E-state index in [0.717, 1.165) is 18.2 Å². The molecular weight excluding hydrogens is 352 g/mol. The van der Waals surface area contributed by atoms with Crippen LogP contribution in [0.2, 0.25) is 0 Å². The normalized spacial score (nSPS) is 10.4. The molecule has 0 bridgehead atoms. The number of amides is 1. The number of nitrogens with zero attached hydrogens (tertiary/aromatic N) is 2. The fourth-order valence-electron chi connectivity index (χ4n) is 2.22. The monoisotopic (exact) mass is 374 g/mol. The Morgan fingerprint density at radius 2 is 2.08 bits per heavy atom. The number of carbonyl (C=O) groups excluding carboxylic acids is 2. The number of hydrogen-bond donors (Lipinski definition) is 2. The summed E-state index contributed by atoms with van der Waals surface area (Å²) in [4.78, 5) is 31.7. The fourth-order valence-corrected chi connectivity index (χ4v) is 2.87. The van der Waals surface area contributed by atoms with Crippen molar-refractivity contribution in [1.82, 2.24) is 15.3 Å². The van der Waals surface area contributed by atoms with E-state index >= 15 is 0 Å². The van der Waals surface area contributed by atoms with Crippen molar-refractivity contribution in [1.29, 1.82) is 0 Å². The molecule has 1 aromatic heterocycles. The molecule has 0 saturated carbocycles. The van der Waals surface area contributed by atoms with Crippen LogP contribution in [0.1, 0.15) is 28.4 Å². The molecule has 3 N–H and O–H groups in total. The second-order valence-corrected chi connectivity index (χ2v) is 6.43. The highest BCUT2D eigenvalue weighted by molar-refractivity contribution is 7.99. The summed E-state index contributed by atoms with van der Waals surface area (Å²) in [6.45, 7) is 4.57. The van der Waals surface area contributed by atoms with E-state index in [1.54, 1.807) is 6.92 Å². The van der Waals surface area contributed by atoms with Gasteiger partial charge in [-0.3, -0.25) is 4.79 Å². The zero-order valence-electron chi connectivity index (χ0n) is 14.8. The number of esters is 1. The van der Waals surface area contributed by atoms with Gasteiger partial charge >= 0.3 is 5.97 Å². The summed E-state index contributed by atoms with van der Waals surface area (Å²) in [7, 11) is 0. The Morgan fingerprint density at radius 3 is 2.77 bits per heavy atom. The first-order valence-corrected chi connectivity index (χ1v) is 9.23. The topological polar surface area (TPSA) is 107 Å². The van der Waals surface area contributed by atoms with E-state index in [0.29, 0.717) is 11.7 Å². The zero-order valence-corrected chi connectivity index (χ0v) is 15.6. The molecule has 2 aromatic rings. The standard InChI is InChI=1S/C18H22N4O3S/c1-3-25-17(24)14-10-21-18(22-16(14)19)26-11-15(23)20-9-8-13-7-5-4-6-12(13)2/h4-7,10H,3,8-9,11H2,1-2H3,(H,20,23)(H2,19,21,22). The van der Waals surface area contributed by atoms with Crippen LogP contribution in [0.15, 0.2) is 35.6 Å². The second-order valence-electron chi connectivity index (χ2n) is 5.49. The maximum Gasteiger partial charge on any atom is 0.343 e. The van der Waals surface area contributed by atoms with Gasteiger partial charge in [0.25, 0.3) is 0 Å². The molecule has 26 heavy (non-hydrogen) atoms. The summed E-state index contributed by atoms with van der Waals surface area (Å²) < 4.78 is 4.87. The van der Waals surface area contributed by atoms with Crippen molar-refractivity contribution < 1.29 is 14.3 Å². The molecule has 0 spiro atoms. The fraction of sp³-hybridized carbons (Fsp3) is 0.333. The lowest BCUT2D eigenvalue weighted by Crippen LogP contribution is -2.27. The van der Waals surface area contributed by atoms with Gasteiger partial charge in [-0.2, -0.15) is 0 Å². The van der Waals surface area contributed by atoms with E-state index in [9.17, 15) is 9.59 Å². The Bertz CT molecular complexity index is 783.